The van der Waals surface area contributed by atoms with Crippen LogP contribution in [-0.4, -0.2) is 4.57 Å². The topological polar surface area (TPSA) is 18.1 Å². The van der Waals surface area contributed by atoms with Gasteiger partial charge < -0.3 is 8.98 Å². The zero-order valence-electron chi connectivity index (χ0n) is 15.2. The van der Waals surface area contributed by atoms with Crippen LogP contribution in [0.25, 0.3) is 49.8 Å². The lowest BCUT2D eigenvalue weighted by molar-refractivity contribution is 0.627. The maximum absolute atomic E-state index is 6.24. The number of nitrogens with zero attached hydrogens (tertiary/aromatic N) is 1. The van der Waals surface area contributed by atoms with E-state index in [0.717, 1.165) is 28.1 Å². The van der Waals surface area contributed by atoms with Crippen molar-refractivity contribution in [3.63, 3.8) is 0 Å². The monoisotopic (exact) mass is 359 g/mol. The van der Waals surface area contributed by atoms with Crippen LogP contribution in [0.5, 0.6) is 0 Å². The summed E-state index contributed by atoms with van der Waals surface area (Å²) in [6, 6.07) is 36.0. The number of para-hydroxylation sites is 2. The first-order chi connectivity index (χ1) is 13.9. The number of fused-ring (bicyclic) bond motifs is 4. The Balaban J connectivity index is 1.74. The molecule has 0 radical (unpaired) electrons. The number of hydrogen-bond donors (Lipinski definition) is 0. The first-order valence-electron chi connectivity index (χ1n) is 9.46. The first-order valence-corrected chi connectivity index (χ1v) is 9.46. The van der Waals surface area contributed by atoms with E-state index >= 15 is 0 Å². The largest absolute Gasteiger partial charge is 0.455 e. The number of furan rings is 1. The van der Waals surface area contributed by atoms with E-state index in [1.54, 1.807) is 0 Å². The van der Waals surface area contributed by atoms with Crippen LogP contribution in [0.15, 0.2) is 108 Å². The van der Waals surface area contributed by atoms with Crippen LogP contribution < -0.4 is 0 Å². The van der Waals surface area contributed by atoms with Crippen molar-refractivity contribution in [2.45, 2.75) is 0 Å². The van der Waals surface area contributed by atoms with Crippen LogP contribution in [0, 0.1) is 0 Å². The van der Waals surface area contributed by atoms with Gasteiger partial charge in [-0.1, -0.05) is 66.7 Å². The molecular formula is C26H17NO. The van der Waals surface area contributed by atoms with Crippen LogP contribution in [0.1, 0.15) is 0 Å². The van der Waals surface area contributed by atoms with E-state index in [9.17, 15) is 0 Å². The van der Waals surface area contributed by atoms with E-state index in [4.69, 9.17) is 4.42 Å². The highest BCUT2D eigenvalue weighted by Gasteiger charge is 2.17. The number of rotatable bonds is 2. The van der Waals surface area contributed by atoms with Crippen molar-refractivity contribution in [2.75, 3.05) is 0 Å². The SMILES string of the molecule is c1ccc(-n2c(-c3cc4ccccc4o3)cc3c4ccccc4ccc32)cc1. The molecule has 0 fully saturated rings. The number of aromatic nitrogens is 1. The summed E-state index contributed by atoms with van der Waals surface area (Å²) in [6.45, 7) is 0. The molecule has 0 atom stereocenters. The summed E-state index contributed by atoms with van der Waals surface area (Å²) in [4.78, 5) is 0. The summed E-state index contributed by atoms with van der Waals surface area (Å²) in [5.74, 6) is 0.880. The maximum Gasteiger partial charge on any atom is 0.152 e. The Morgan fingerprint density at radius 2 is 1.32 bits per heavy atom. The highest BCUT2D eigenvalue weighted by atomic mass is 16.3. The third kappa shape index (κ3) is 2.21. The Kier molecular flexibility index (Phi) is 3.20. The van der Waals surface area contributed by atoms with Gasteiger partial charge in [0.15, 0.2) is 5.76 Å². The molecule has 132 valence electrons. The van der Waals surface area contributed by atoms with Crippen molar-refractivity contribution in [3.8, 4) is 17.1 Å². The number of hydrogen-bond acceptors (Lipinski definition) is 1. The fourth-order valence-electron chi connectivity index (χ4n) is 4.11. The van der Waals surface area contributed by atoms with Gasteiger partial charge in [-0.2, -0.15) is 0 Å². The van der Waals surface area contributed by atoms with E-state index in [-0.39, 0.29) is 0 Å². The summed E-state index contributed by atoms with van der Waals surface area (Å²) < 4.78 is 8.53. The van der Waals surface area contributed by atoms with Gasteiger partial charge in [0.1, 0.15) is 5.58 Å². The Morgan fingerprint density at radius 1 is 0.571 bits per heavy atom. The minimum atomic E-state index is 0.880. The van der Waals surface area contributed by atoms with Crippen LogP contribution >= 0.6 is 0 Å². The zero-order chi connectivity index (χ0) is 18.5. The molecule has 6 aromatic rings. The van der Waals surface area contributed by atoms with Gasteiger partial charge in [-0.15, -0.1) is 0 Å². The van der Waals surface area contributed by atoms with Crippen molar-refractivity contribution >= 4 is 32.6 Å². The van der Waals surface area contributed by atoms with Crippen LogP contribution in [-0.2, 0) is 0 Å². The van der Waals surface area contributed by atoms with Crippen molar-refractivity contribution in [3.05, 3.63) is 103 Å². The van der Waals surface area contributed by atoms with Crippen molar-refractivity contribution in [1.29, 1.82) is 0 Å². The van der Waals surface area contributed by atoms with Gasteiger partial charge in [0.25, 0.3) is 0 Å². The zero-order valence-corrected chi connectivity index (χ0v) is 15.2. The van der Waals surface area contributed by atoms with E-state index in [2.05, 4.69) is 83.4 Å². The highest BCUT2D eigenvalue weighted by molar-refractivity contribution is 6.09. The minimum absolute atomic E-state index is 0.880. The summed E-state index contributed by atoms with van der Waals surface area (Å²) in [6.07, 6.45) is 0. The Morgan fingerprint density at radius 3 is 2.18 bits per heavy atom. The summed E-state index contributed by atoms with van der Waals surface area (Å²) in [7, 11) is 0. The molecule has 0 N–H and O–H groups in total. The van der Waals surface area contributed by atoms with Gasteiger partial charge in [0, 0.05) is 16.5 Å². The molecule has 0 bridgehead atoms. The normalized spacial score (nSPS) is 11.6. The van der Waals surface area contributed by atoms with Crippen LogP contribution in [0.4, 0.5) is 0 Å². The standard InChI is InChI=1S/C26H17NO/c1-2-10-20(11-3-1)27-23-15-14-18-8-4-6-12-21(18)22(23)17-24(27)26-16-19-9-5-7-13-25(19)28-26/h1-17H. The Bertz CT molecular complexity index is 1420. The average Bonchev–Trinajstić information content (AvgIpc) is 3.36. The molecule has 2 heteroatoms. The lowest BCUT2D eigenvalue weighted by Crippen LogP contribution is -1.95. The fourth-order valence-corrected chi connectivity index (χ4v) is 4.11. The van der Waals surface area contributed by atoms with E-state index in [1.165, 1.54) is 21.7 Å². The molecule has 28 heavy (non-hydrogen) atoms. The molecule has 0 saturated heterocycles. The molecule has 4 aromatic carbocycles. The van der Waals surface area contributed by atoms with E-state index in [0.29, 0.717) is 0 Å². The molecule has 0 amide bonds. The molecule has 2 nitrogen and oxygen atoms in total. The highest BCUT2D eigenvalue weighted by Crippen LogP contribution is 2.37. The Hall–Kier alpha value is -3.78. The molecule has 2 heterocycles. The molecule has 0 unspecified atom stereocenters. The molecule has 6 rings (SSSR count). The molecular weight excluding hydrogens is 342 g/mol. The Labute approximate surface area is 162 Å². The molecule has 2 aromatic heterocycles. The predicted octanol–water partition coefficient (Wildman–Crippen LogP) is 7.20. The van der Waals surface area contributed by atoms with Crippen LogP contribution in [0.3, 0.4) is 0 Å². The maximum atomic E-state index is 6.24. The molecule has 0 aliphatic rings. The van der Waals surface area contributed by atoms with Gasteiger partial charge in [-0.3, -0.25) is 0 Å². The van der Waals surface area contributed by atoms with Crippen molar-refractivity contribution < 1.29 is 4.42 Å². The van der Waals surface area contributed by atoms with Gasteiger partial charge in [0.2, 0.25) is 0 Å². The quantitative estimate of drug-likeness (QED) is 0.320. The summed E-state index contributed by atoms with van der Waals surface area (Å²) in [5, 5.41) is 4.85. The van der Waals surface area contributed by atoms with Crippen molar-refractivity contribution in [2.24, 2.45) is 0 Å². The second-order valence-corrected chi connectivity index (χ2v) is 7.07. The first kappa shape index (κ1) is 15.3. The van der Waals surface area contributed by atoms with Crippen molar-refractivity contribution in [1.82, 2.24) is 4.57 Å². The third-order valence-electron chi connectivity index (χ3n) is 5.40. The fraction of sp³-hybridized carbons (Fsp3) is 0. The van der Waals surface area contributed by atoms with Gasteiger partial charge in [-0.05, 0) is 47.2 Å². The van der Waals surface area contributed by atoms with Crippen LogP contribution in [0.2, 0.25) is 0 Å². The summed E-state index contributed by atoms with van der Waals surface area (Å²) in [5.41, 5.74) is 4.28. The lowest BCUT2D eigenvalue weighted by Gasteiger charge is -2.10. The van der Waals surface area contributed by atoms with Gasteiger partial charge in [0.05, 0.1) is 11.2 Å². The predicted molar refractivity (Wildman–Crippen MR) is 116 cm³/mol. The van der Waals surface area contributed by atoms with Gasteiger partial charge in [-0.25, -0.2) is 0 Å². The van der Waals surface area contributed by atoms with E-state index in [1.807, 2.05) is 24.3 Å². The third-order valence-corrected chi connectivity index (χ3v) is 5.40. The lowest BCUT2D eigenvalue weighted by atomic mass is 10.1. The second kappa shape index (κ2) is 5.86. The van der Waals surface area contributed by atoms with Gasteiger partial charge >= 0.3 is 0 Å². The smallest absolute Gasteiger partial charge is 0.152 e. The summed E-state index contributed by atoms with van der Waals surface area (Å²) >= 11 is 0. The number of benzene rings is 4. The molecule has 0 saturated carbocycles. The van der Waals surface area contributed by atoms with E-state index < -0.39 is 0 Å². The average molecular weight is 359 g/mol. The molecule has 0 aliphatic heterocycles. The molecule has 0 aliphatic carbocycles. The minimum Gasteiger partial charge on any atom is -0.455 e. The molecule has 0 spiro atoms. The second-order valence-electron chi connectivity index (χ2n) is 7.07.